The monoisotopic (exact) mass is 466 g/mol. The Hall–Kier alpha value is -3.09. The maximum absolute atomic E-state index is 13.2. The van der Waals surface area contributed by atoms with Gasteiger partial charge in [-0.1, -0.05) is 60.1 Å². The van der Waals surface area contributed by atoms with Crippen molar-refractivity contribution in [3.05, 3.63) is 94.6 Å². The van der Waals surface area contributed by atoms with E-state index in [1.54, 1.807) is 47.2 Å². The Morgan fingerprint density at radius 2 is 1.66 bits per heavy atom. The van der Waals surface area contributed by atoms with Gasteiger partial charge in [-0.2, -0.15) is 0 Å². The van der Waals surface area contributed by atoms with Crippen molar-refractivity contribution in [3.63, 3.8) is 0 Å². The van der Waals surface area contributed by atoms with Crippen LogP contribution in [0.2, 0.25) is 5.02 Å². The molecule has 4 aromatic rings. The number of carbonyl (C=O) groups is 1. The fourth-order valence-electron chi connectivity index (χ4n) is 3.86. The maximum Gasteiger partial charge on any atom is 0.244 e. The van der Waals surface area contributed by atoms with E-state index in [-0.39, 0.29) is 23.1 Å². The summed E-state index contributed by atoms with van der Waals surface area (Å²) in [7, 11) is -3.66. The van der Waals surface area contributed by atoms with Crippen LogP contribution in [-0.4, -0.2) is 18.9 Å². The van der Waals surface area contributed by atoms with Crippen LogP contribution in [0.15, 0.2) is 77.8 Å². The molecular weight excluding hydrogens is 444 g/mol. The smallest absolute Gasteiger partial charge is 0.244 e. The number of benzene rings is 3. The number of amides is 1. The first-order valence-electron chi connectivity index (χ1n) is 10.2. The highest BCUT2D eigenvalue weighted by Crippen LogP contribution is 2.29. The second-order valence-electron chi connectivity index (χ2n) is 7.84. The lowest BCUT2D eigenvalue weighted by atomic mass is 10.1. The Balaban J connectivity index is 1.66. The zero-order valence-corrected chi connectivity index (χ0v) is 19.4. The van der Waals surface area contributed by atoms with E-state index in [1.165, 1.54) is 0 Å². The van der Waals surface area contributed by atoms with Gasteiger partial charge in [0, 0.05) is 27.8 Å². The molecule has 164 valence electrons. The van der Waals surface area contributed by atoms with E-state index in [4.69, 9.17) is 11.6 Å². The number of para-hydroxylation sites is 2. The summed E-state index contributed by atoms with van der Waals surface area (Å²) in [5.74, 6) is -0.391. The molecule has 0 unspecified atom stereocenters. The van der Waals surface area contributed by atoms with Crippen molar-refractivity contribution in [2.75, 3.05) is 5.32 Å². The van der Waals surface area contributed by atoms with Crippen LogP contribution in [0.4, 0.5) is 5.69 Å². The highest BCUT2D eigenvalue weighted by Gasteiger charge is 2.22. The zero-order chi connectivity index (χ0) is 22.9. The molecule has 5 nitrogen and oxygen atoms in total. The minimum Gasteiger partial charge on any atom is -0.337 e. The molecule has 0 bridgehead atoms. The summed E-state index contributed by atoms with van der Waals surface area (Å²) >= 11 is 6.02. The first-order chi connectivity index (χ1) is 15.2. The molecule has 0 atom stereocenters. The quantitative estimate of drug-likeness (QED) is 0.406. The fraction of sp³-hybridized carbons (Fsp3) is 0.160. The number of carbonyl (C=O) groups excluding carboxylic acids is 1. The van der Waals surface area contributed by atoms with Gasteiger partial charge in [-0.25, -0.2) is 8.42 Å². The summed E-state index contributed by atoms with van der Waals surface area (Å²) in [6.45, 7) is 3.88. The predicted molar refractivity (Wildman–Crippen MR) is 129 cm³/mol. The first-order valence-corrected chi connectivity index (χ1v) is 12.2. The van der Waals surface area contributed by atoms with Gasteiger partial charge >= 0.3 is 0 Å². The van der Waals surface area contributed by atoms with E-state index in [1.807, 2.05) is 44.2 Å². The van der Waals surface area contributed by atoms with Crippen LogP contribution >= 0.6 is 11.6 Å². The molecule has 0 aliphatic rings. The van der Waals surface area contributed by atoms with E-state index in [2.05, 4.69) is 5.32 Å². The van der Waals surface area contributed by atoms with E-state index >= 15 is 0 Å². The van der Waals surface area contributed by atoms with E-state index in [0.29, 0.717) is 21.5 Å². The third-order valence-corrected chi connectivity index (χ3v) is 7.34. The van der Waals surface area contributed by atoms with E-state index in [0.717, 1.165) is 16.8 Å². The van der Waals surface area contributed by atoms with Gasteiger partial charge in [-0.05, 0) is 48.7 Å². The molecule has 0 saturated carbocycles. The van der Waals surface area contributed by atoms with Crippen molar-refractivity contribution >= 4 is 43.9 Å². The molecule has 4 rings (SSSR count). The minimum atomic E-state index is -3.66. The Morgan fingerprint density at radius 3 is 2.38 bits per heavy atom. The molecule has 0 aliphatic carbocycles. The highest BCUT2D eigenvalue weighted by atomic mass is 35.5. The fourth-order valence-corrected chi connectivity index (χ4v) is 5.64. The standard InChI is InChI=1S/C25H23ClN2O3S/c1-17-7-5-8-18(2)25(17)27-24(29)15-28-14-23(21-11-3-4-12-22(21)28)32(30,31)16-19-9-6-10-20(26)13-19/h3-14H,15-16H2,1-2H3,(H,27,29). The van der Waals surface area contributed by atoms with E-state index in [9.17, 15) is 13.2 Å². The molecule has 3 aromatic carbocycles. The number of nitrogens with zero attached hydrogens (tertiary/aromatic N) is 1. The number of fused-ring (bicyclic) bond motifs is 1. The second kappa shape index (κ2) is 8.81. The Kier molecular flexibility index (Phi) is 6.09. The van der Waals surface area contributed by atoms with Crippen molar-refractivity contribution in [1.82, 2.24) is 4.57 Å². The Morgan fingerprint density at radius 1 is 0.969 bits per heavy atom. The van der Waals surface area contributed by atoms with Gasteiger partial charge in [0.1, 0.15) is 6.54 Å². The molecule has 7 heteroatoms. The lowest BCUT2D eigenvalue weighted by Gasteiger charge is -2.12. The average Bonchev–Trinajstić information content (AvgIpc) is 3.10. The number of nitrogens with one attached hydrogen (secondary N) is 1. The number of halogens is 1. The molecule has 1 amide bonds. The minimum absolute atomic E-state index is 0.000965. The van der Waals surface area contributed by atoms with Crippen LogP contribution in [0.25, 0.3) is 10.9 Å². The Bertz CT molecular complexity index is 1400. The SMILES string of the molecule is Cc1cccc(C)c1NC(=O)Cn1cc(S(=O)(=O)Cc2cccc(Cl)c2)c2ccccc21. The number of hydrogen-bond donors (Lipinski definition) is 1. The summed E-state index contributed by atoms with van der Waals surface area (Å²) < 4.78 is 28.2. The summed E-state index contributed by atoms with van der Waals surface area (Å²) in [6, 6.07) is 19.8. The number of rotatable bonds is 6. The molecule has 1 heterocycles. The van der Waals surface area contributed by atoms with Gasteiger partial charge in [-0.3, -0.25) is 4.79 Å². The third kappa shape index (κ3) is 4.56. The van der Waals surface area contributed by atoms with Crippen molar-refractivity contribution in [2.45, 2.75) is 31.0 Å². The molecule has 0 aliphatic heterocycles. The van der Waals surface area contributed by atoms with Gasteiger partial charge in [0.05, 0.1) is 10.6 Å². The van der Waals surface area contributed by atoms with Crippen LogP contribution in [0.1, 0.15) is 16.7 Å². The number of aryl methyl sites for hydroxylation is 2. The predicted octanol–water partition coefficient (Wildman–Crippen LogP) is 5.52. The van der Waals surface area contributed by atoms with Gasteiger partial charge in [0.15, 0.2) is 9.84 Å². The molecule has 0 fully saturated rings. The van der Waals surface area contributed by atoms with Crippen LogP contribution in [0, 0.1) is 13.8 Å². The number of anilines is 1. The maximum atomic E-state index is 13.2. The van der Waals surface area contributed by atoms with Crippen LogP contribution in [0.3, 0.4) is 0 Å². The molecule has 32 heavy (non-hydrogen) atoms. The molecule has 0 spiro atoms. The number of sulfone groups is 1. The van der Waals surface area contributed by atoms with Crippen molar-refractivity contribution in [1.29, 1.82) is 0 Å². The van der Waals surface area contributed by atoms with Gasteiger partial charge in [0.25, 0.3) is 0 Å². The molecule has 0 saturated heterocycles. The molecule has 1 aromatic heterocycles. The summed E-state index contributed by atoms with van der Waals surface area (Å²) in [5.41, 5.74) is 4.03. The normalized spacial score (nSPS) is 11.6. The molecular formula is C25H23ClN2O3S. The van der Waals surface area contributed by atoms with E-state index < -0.39 is 9.84 Å². The van der Waals surface area contributed by atoms with Gasteiger partial charge in [-0.15, -0.1) is 0 Å². The van der Waals surface area contributed by atoms with Crippen molar-refractivity contribution in [2.24, 2.45) is 0 Å². The number of hydrogen-bond acceptors (Lipinski definition) is 3. The largest absolute Gasteiger partial charge is 0.337 e. The molecule has 0 radical (unpaired) electrons. The van der Waals surface area contributed by atoms with Crippen LogP contribution in [-0.2, 0) is 26.9 Å². The lowest BCUT2D eigenvalue weighted by Crippen LogP contribution is -2.19. The average molecular weight is 467 g/mol. The van der Waals surface area contributed by atoms with Gasteiger partial charge < -0.3 is 9.88 Å². The summed E-state index contributed by atoms with van der Waals surface area (Å²) in [4.78, 5) is 13.0. The zero-order valence-electron chi connectivity index (χ0n) is 17.8. The van der Waals surface area contributed by atoms with Gasteiger partial charge in [0.2, 0.25) is 5.91 Å². The topological polar surface area (TPSA) is 68.2 Å². The third-order valence-electron chi connectivity index (χ3n) is 5.39. The molecule has 1 N–H and O–H groups in total. The number of aromatic nitrogens is 1. The van der Waals surface area contributed by atoms with Crippen LogP contribution in [0.5, 0.6) is 0 Å². The van der Waals surface area contributed by atoms with Crippen molar-refractivity contribution < 1.29 is 13.2 Å². The lowest BCUT2D eigenvalue weighted by molar-refractivity contribution is -0.116. The highest BCUT2D eigenvalue weighted by molar-refractivity contribution is 7.90. The first kappa shape index (κ1) is 22.1. The summed E-state index contributed by atoms with van der Waals surface area (Å²) in [6.07, 6.45) is 1.55. The second-order valence-corrected chi connectivity index (χ2v) is 10.2. The van der Waals surface area contributed by atoms with Crippen LogP contribution < -0.4 is 5.32 Å². The summed E-state index contributed by atoms with van der Waals surface area (Å²) in [5, 5.41) is 4.04. The Labute approximate surface area is 192 Å². The van der Waals surface area contributed by atoms with Crippen molar-refractivity contribution in [3.8, 4) is 0 Å².